The van der Waals surface area contributed by atoms with Crippen molar-refractivity contribution in [2.75, 3.05) is 19.0 Å². The number of hydrogen-bond donors (Lipinski definition) is 1. The molecule has 1 N–H and O–H groups in total. The highest BCUT2D eigenvalue weighted by Gasteiger charge is 2.35. The van der Waals surface area contributed by atoms with Gasteiger partial charge in [-0.25, -0.2) is 0 Å². The van der Waals surface area contributed by atoms with Crippen LogP contribution in [-0.2, 0) is 16.1 Å². The topological polar surface area (TPSA) is 84.9 Å². The number of amides is 3. The number of hydrogen-bond acceptors (Lipinski definition) is 6. The second-order valence-corrected chi connectivity index (χ2v) is 10.2. The summed E-state index contributed by atoms with van der Waals surface area (Å²) in [4.78, 5) is 39.4. The van der Waals surface area contributed by atoms with Gasteiger partial charge in [-0.15, -0.1) is 0 Å². The number of thioether (sulfide) groups is 1. The lowest BCUT2D eigenvalue weighted by atomic mass is 10.1. The van der Waals surface area contributed by atoms with Gasteiger partial charge in [0.25, 0.3) is 17.1 Å². The summed E-state index contributed by atoms with van der Waals surface area (Å²) in [5.74, 6) is 0.144. The first kappa shape index (κ1) is 26.5. The Balaban J connectivity index is 1.43. The largest absolute Gasteiger partial charge is 0.493 e. The van der Waals surface area contributed by atoms with E-state index < -0.39 is 0 Å². The number of anilines is 1. The van der Waals surface area contributed by atoms with Crippen LogP contribution in [0.5, 0.6) is 11.5 Å². The molecule has 1 aliphatic heterocycles. The number of nitrogens with zero attached hydrogens (tertiary/aromatic N) is 1. The van der Waals surface area contributed by atoms with E-state index >= 15 is 0 Å². The highest BCUT2D eigenvalue weighted by atomic mass is 79.9. The van der Waals surface area contributed by atoms with Gasteiger partial charge in [-0.3, -0.25) is 19.3 Å². The van der Waals surface area contributed by atoms with Gasteiger partial charge in [-0.2, -0.15) is 0 Å². The maximum Gasteiger partial charge on any atom is 0.293 e. The smallest absolute Gasteiger partial charge is 0.293 e. The van der Waals surface area contributed by atoms with Gasteiger partial charge in [0.1, 0.15) is 0 Å². The minimum Gasteiger partial charge on any atom is -0.493 e. The third kappa shape index (κ3) is 6.23. The molecule has 0 bridgehead atoms. The molecule has 0 spiro atoms. The standard InChI is InChI=1S/C28H25BrN2O5S/c1-17-7-6-10-22(18(17)2)30-26(32)16-36-23-12-11-19(13-24(23)35-3)14-25-27(33)31(28(34)37-25)15-20-8-4-5-9-21(20)29/h4-14H,15-16H2,1-3H3,(H,30,32)/b25-14-. The Kier molecular flexibility index (Phi) is 8.35. The van der Waals surface area contributed by atoms with Gasteiger partial charge in [-0.05, 0) is 78.2 Å². The molecule has 0 aliphatic carbocycles. The minimum atomic E-state index is -0.354. The Bertz CT molecular complexity index is 1410. The Morgan fingerprint density at radius 3 is 2.59 bits per heavy atom. The number of aryl methyl sites for hydroxylation is 1. The van der Waals surface area contributed by atoms with Crippen molar-refractivity contribution in [3.63, 3.8) is 0 Å². The summed E-state index contributed by atoms with van der Waals surface area (Å²) < 4.78 is 12.0. The monoisotopic (exact) mass is 580 g/mol. The van der Waals surface area contributed by atoms with E-state index in [-0.39, 0.29) is 30.2 Å². The number of carbonyl (C=O) groups is 3. The molecule has 37 heavy (non-hydrogen) atoms. The van der Waals surface area contributed by atoms with E-state index in [0.29, 0.717) is 22.0 Å². The van der Waals surface area contributed by atoms with Crippen LogP contribution >= 0.6 is 27.7 Å². The zero-order chi connectivity index (χ0) is 26.5. The van der Waals surface area contributed by atoms with Crippen LogP contribution in [0.15, 0.2) is 70.0 Å². The molecule has 1 saturated heterocycles. The van der Waals surface area contributed by atoms with Gasteiger partial charge in [0.05, 0.1) is 18.6 Å². The third-order valence-corrected chi connectivity index (χ3v) is 7.56. The van der Waals surface area contributed by atoms with Crippen molar-refractivity contribution in [3.05, 3.63) is 92.3 Å². The number of ether oxygens (including phenoxy) is 2. The first-order chi connectivity index (χ1) is 17.8. The maximum atomic E-state index is 12.9. The van der Waals surface area contributed by atoms with Crippen molar-refractivity contribution < 1.29 is 23.9 Å². The summed E-state index contributed by atoms with van der Waals surface area (Å²) in [5, 5.41) is 2.53. The fourth-order valence-electron chi connectivity index (χ4n) is 3.69. The second-order valence-electron chi connectivity index (χ2n) is 8.35. The maximum absolute atomic E-state index is 12.9. The lowest BCUT2D eigenvalue weighted by molar-refractivity contribution is -0.123. The summed E-state index contributed by atoms with van der Waals surface area (Å²) in [6, 6.07) is 18.3. The van der Waals surface area contributed by atoms with Crippen molar-refractivity contribution in [1.29, 1.82) is 0 Å². The van der Waals surface area contributed by atoms with E-state index in [1.807, 2.05) is 56.3 Å². The number of rotatable bonds is 8. The quantitative estimate of drug-likeness (QED) is 0.313. The lowest BCUT2D eigenvalue weighted by Gasteiger charge is -2.14. The Labute approximate surface area is 228 Å². The second kappa shape index (κ2) is 11.7. The van der Waals surface area contributed by atoms with Gasteiger partial charge in [-0.1, -0.05) is 52.3 Å². The first-order valence-corrected chi connectivity index (χ1v) is 13.0. The predicted octanol–water partition coefficient (Wildman–Crippen LogP) is 6.33. The molecule has 4 rings (SSSR count). The molecule has 0 saturated carbocycles. The summed E-state index contributed by atoms with van der Waals surface area (Å²) in [6.07, 6.45) is 1.64. The van der Waals surface area contributed by atoms with Crippen LogP contribution in [0.3, 0.4) is 0 Å². The molecule has 1 fully saturated rings. The van der Waals surface area contributed by atoms with Crippen LogP contribution in [0.4, 0.5) is 10.5 Å². The summed E-state index contributed by atoms with van der Waals surface area (Å²) >= 11 is 4.35. The number of carbonyl (C=O) groups excluding carboxylic acids is 3. The zero-order valence-electron chi connectivity index (χ0n) is 20.5. The summed E-state index contributed by atoms with van der Waals surface area (Å²) in [7, 11) is 1.49. The number of halogens is 1. The molecule has 7 nitrogen and oxygen atoms in total. The highest BCUT2D eigenvalue weighted by Crippen LogP contribution is 2.36. The van der Waals surface area contributed by atoms with Crippen LogP contribution in [0.25, 0.3) is 6.08 Å². The van der Waals surface area contributed by atoms with Gasteiger partial charge < -0.3 is 14.8 Å². The van der Waals surface area contributed by atoms with Gasteiger partial charge in [0.2, 0.25) is 0 Å². The molecular formula is C28H25BrN2O5S. The molecule has 190 valence electrons. The number of nitrogens with one attached hydrogen (secondary N) is 1. The van der Waals surface area contributed by atoms with E-state index in [9.17, 15) is 14.4 Å². The summed E-state index contributed by atoms with van der Waals surface area (Å²) in [5.41, 5.74) is 4.33. The van der Waals surface area contributed by atoms with Crippen LogP contribution in [0.2, 0.25) is 0 Å². The molecule has 0 unspecified atom stereocenters. The zero-order valence-corrected chi connectivity index (χ0v) is 22.9. The number of imide groups is 1. The van der Waals surface area contributed by atoms with E-state index in [1.165, 1.54) is 12.0 Å². The van der Waals surface area contributed by atoms with E-state index in [0.717, 1.165) is 38.6 Å². The predicted molar refractivity (Wildman–Crippen MR) is 149 cm³/mol. The van der Waals surface area contributed by atoms with E-state index in [2.05, 4.69) is 21.2 Å². The van der Waals surface area contributed by atoms with Crippen molar-refractivity contribution in [3.8, 4) is 11.5 Å². The van der Waals surface area contributed by atoms with Crippen molar-refractivity contribution >= 4 is 56.5 Å². The van der Waals surface area contributed by atoms with Gasteiger partial charge >= 0.3 is 0 Å². The van der Waals surface area contributed by atoms with E-state index in [1.54, 1.807) is 24.3 Å². The van der Waals surface area contributed by atoms with Gasteiger partial charge in [0, 0.05) is 10.2 Å². The molecule has 1 heterocycles. The van der Waals surface area contributed by atoms with Crippen LogP contribution in [0.1, 0.15) is 22.3 Å². The molecule has 1 aliphatic rings. The Morgan fingerprint density at radius 1 is 1.05 bits per heavy atom. The SMILES string of the molecule is COc1cc(/C=C2\SC(=O)N(Cc3ccccc3Br)C2=O)ccc1OCC(=O)Nc1cccc(C)c1C. The van der Waals surface area contributed by atoms with Crippen molar-refractivity contribution in [2.45, 2.75) is 20.4 Å². The summed E-state index contributed by atoms with van der Waals surface area (Å²) in [6.45, 7) is 3.92. The third-order valence-electron chi connectivity index (χ3n) is 5.88. The highest BCUT2D eigenvalue weighted by molar-refractivity contribution is 9.10. The molecule has 0 radical (unpaired) electrons. The molecule has 0 aromatic heterocycles. The number of benzene rings is 3. The van der Waals surface area contributed by atoms with Crippen molar-refractivity contribution in [1.82, 2.24) is 4.90 Å². The van der Waals surface area contributed by atoms with E-state index in [4.69, 9.17) is 9.47 Å². The fraction of sp³-hybridized carbons (Fsp3) is 0.179. The Morgan fingerprint density at radius 2 is 1.84 bits per heavy atom. The molecule has 3 aromatic rings. The lowest BCUT2D eigenvalue weighted by Crippen LogP contribution is -2.27. The first-order valence-electron chi connectivity index (χ1n) is 11.4. The molecule has 3 aromatic carbocycles. The van der Waals surface area contributed by atoms with Crippen LogP contribution in [0, 0.1) is 13.8 Å². The number of methoxy groups -OCH3 is 1. The average Bonchev–Trinajstić information content (AvgIpc) is 3.14. The molecule has 0 atom stereocenters. The van der Waals surface area contributed by atoms with Crippen LogP contribution in [-0.4, -0.2) is 35.7 Å². The van der Waals surface area contributed by atoms with Crippen LogP contribution < -0.4 is 14.8 Å². The van der Waals surface area contributed by atoms with Gasteiger partial charge in [0.15, 0.2) is 18.1 Å². The average molecular weight is 581 g/mol. The molecular weight excluding hydrogens is 556 g/mol. The molecule has 9 heteroatoms. The minimum absolute atomic E-state index is 0.184. The van der Waals surface area contributed by atoms with Crippen molar-refractivity contribution in [2.24, 2.45) is 0 Å². The normalized spacial score (nSPS) is 14.3. The fourth-order valence-corrected chi connectivity index (χ4v) is 4.94. The molecule has 3 amide bonds. The Hall–Kier alpha value is -3.56.